The molecule has 5 aliphatic carbocycles. The van der Waals surface area contributed by atoms with E-state index in [1.54, 1.807) is 19.8 Å². The van der Waals surface area contributed by atoms with Crippen LogP contribution in [0, 0.1) is 63.0 Å². The minimum absolute atomic E-state index is 0.0919. The molecule has 8 heteroatoms. The average Bonchev–Trinajstić information content (AvgIpc) is 3.51. The second-order valence-corrected chi connectivity index (χ2v) is 16.9. The van der Waals surface area contributed by atoms with Crippen LogP contribution in [0.25, 0.3) is 0 Å². The molecule has 0 bridgehead atoms. The van der Waals surface area contributed by atoms with Crippen molar-refractivity contribution in [1.29, 1.82) is 0 Å². The third-order valence-corrected chi connectivity index (χ3v) is 14.3. The summed E-state index contributed by atoms with van der Waals surface area (Å²) in [5.74, 6) is 2.34. The van der Waals surface area contributed by atoms with Crippen molar-refractivity contribution >= 4 is 6.09 Å². The fraction of sp³-hybridized carbons (Fsp3) is 0.882. The highest BCUT2D eigenvalue weighted by molar-refractivity contribution is 5.68. The molecule has 235 valence electrons. The molecular formula is C34H53N2O6. The van der Waals surface area contributed by atoms with Gasteiger partial charge >= 0.3 is 6.09 Å². The molecule has 8 nitrogen and oxygen atoms in total. The van der Waals surface area contributed by atoms with E-state index in [2.05, 4.69) is 45.3 Å². The first-order chi connectivity index (χ1) is 19.5. The Kier molecular flexibility index (Phi) is 6.44. The summed E-state index contributed by atoms with van der Waals surface area (Å²) in [6.45, 7) is 16.4. The van der Waals surface area contributed by atoms with Gasteiger partial charge in [-0.3, -0.25) is 0 Å². The summed E-state index contributed by atoms with van der Waals surface area (Å²) in [5.41, 5.74) is -1.62. The highest BCUT2D eigenvalue weighted by atomic mass is 16.6. The Bertz CT molecular complexity index is 1120. The lowest BCUT2D eigenvalue weighted by molar-refractivity contribution is -0.127. The van der Waals surface area contributed by atoms with Gasteiger partial charge in [0, 0.05) is 29.8 Å². The van der Waals surface area contributed by atoms with E-state index >= 15 is 0 Å². The van der Waals surface area contributed by atoms with Crippen molar-refractivity contribution < 1.29 is 29.6 Å². The molecule has 3 radical (unpaired) electrons. The van der Waals surface area contributed by atoms with Gasteiger partial charge in [-0.25, -0.2) is 4.79 Å². The van der Waals surface area contributed by atoms with Crippen molar-refractivity contribution in [2.45, 2.75) is 130 Å². The van der Waals surface area contributed by atoms with E-state index in [4.69, 9.17) is 9.47 Å². The van der Waals surface area contributed by atoms with Gasteiger partial charge in [0.25, 0.3) is 0 Å². The molecule has 2 spiro atoms. The lowest BCUT2D eigenvalue weighted by atomic mass is 9.41. The van der Waals surface area contributed by atoms with E-state index in [0.717, 1.165) is 51.6 Å². The van der Waals surface area contributed by atoms with E-state index in [1.807, 2.05) is 0 Å². The zero-order valence-corrected chi connectivity index (χ0v) is 26.7. The average molecular weight is 586 g/mol. The smallest absolute Gasteiger partial charge is 0.407 e. The van der Waals surface area contributed by atoms with Crippen LogP contribution in [0.15, 0.2) is 0 Å². The summed E-state index contributed by atoms with van der Waals surface area (Å²) < 4.78 is 12.6. The van der Waals surface area contributed by atoms with Crippen LogP contribution in [0.4, 0.5) is 4.79 Å². The van der Waals surface area contributed by atoms with E-state index < -0.39 is 23.2 Å². The van der Waals surface area contributed by atoms with E-state index in [-0.39, 0.29) is 51.7 Å². The quantitative estimate of drug-likeness (QED) is 0.334. The number of aliphatic hydroxyl groups is 3. The van der Waals surface area contributed by atoms with E-state index in [9.17, 15) is 20.1 Å². The Morgan fingerprint density at radius 2 is 1.86 bits per heavy atom. The molecule has 7 rings (SSSR count). The highest BCUT2D eigenvalue weighted by Gasteiger charge is 2.85. The van der Waals surface area contributed by atoms with E-state index in [0.29, 0.717) is 24.5 Å². The molecule has 2 heterocycles. The number of hydrogen-bond acceptors (Lipinski definition) is 7. The molecule has 0 aromatic rings. The summed E-state index contributed by atoms with van der Waals surface area (Å²) in [7, 11) is 0. The van der Waals surface area contributed by atoms with Crippen LogP contribution in [0.2, 0.25) is 0 Å². The fourth-order valence-electron chi connectivity index (χ4n) is 11.9. The molecule has 10 atom stereocenters. The number of ether oxygens (including phenoxy) is 2. The van der Waals surface area contributed by atoms with Crippen molar-refractivity contribution in [2.24, 2.45) is 44.8 Å². The topological polar surface area (TPSA) is 120 Å². The van der Waals surface area contributed by atoms with Crippen LogP contribution in [0.3, 0.4) is 0 Å². The number of amides is 1. The van der Waals surface area contributed by atoms with Gasteiger partial charge in [0.1, 0.15) is 24.4 Å². The van der Waals surface area contributed by atoms with Crippen LogP contribution in [-0.2, 0) is 9.47 Å². The first kappa shape index (κ1) is 29.8. The van der Waals surface area contributed by atoms with Crippen LogP contribution in [-0.4, -0.2) is 64.5 Å². The van der Waals surface area contributed by atoms with E-state index in [1.165, 1.54) is 6.42 Å². The number of carbonyl (C=O) groups excluding carboxylic acids is 1. The van der Waals surface area contributed by atoms with Gasteiger partial charge in [0.15, 0.2) is 0 Å². The molecule has 5 N–H and O–H groups in total. The van der Waals surface area contributed by atoms with Gasteiger partial charge in [-0.2, -0.15) is 0 Å². The van der Waals surface area contributed by atoms with Gasteiger partial charge in [0.05, 0.1) is 17.7 Å². The van der Waals surface area contributed by atoms with Crippen molar-refractivity contribution in [1.82, 2.24) is 10.6 Å². The maximum atomic E-state index is 12.7. The van der Waals surface area contributed by atoms with Crippen molar-refractivity contribution in [3.8, 4) is 0 Å². The monoisotopic (exact) mass is 585 g/mol. The lowest BCUT2D eigenvalue weighted by Gasteiger charge is -2.63. The Hall–Kier alpha value is -0.930. The fourth-order valence-corrected chi connectivity index (χ4v) is 11.9. The maximum Gasteiger partial charge on any atom is 0.407 e. The predicted molar refractivity (Wildman–Crippen MR) is 157 cm³/mol. The number of aliphatic hydroxyl groups excluding tert-OH is 2. The second kappa shape index (κ2) is 9.08. The molecule has 1 amide bonds. The number of rotatable bonds is 4. The molecule has 42 heavy (non-hydrogen) atoms. The summed E-state index contributed by atoms with van der Waals surface area (Å²) in [5, 5.41) is 39.9. The normalized spacial score (nSPS) is 49.4. The zero-order valence-electron chi connectivity index (χ0n) is 26.7. The summed E-state index contributed by atoms with van der Waals surface area (Å²) >= 11 is 0. The number of alkyl carbamates (subject to hydrolysis) is 1. The number of fused-ring (bicyclic) bond motifs is 4. The minimum Gasteiger partial charge on any atom is -0.446 e. The largest absolute Gasteiger partial charge is 0.446 e. The second-order valence-electron chi connectivity index (χ2n) is 16.9. The molecule has 1 unspecified atom stereocenters. The third kappa shape index (κ3) is 3.62. The Labute approximate surface area is 252 Å². The van der Waals surface area contributed by atoms with Gasteiger partial charge in [-0.1, -0.05) is 34.6 Å². The summed E-state index contributed by atoms with van der Waals surface area (Å²) in [6, 6.07) is 0.171. The lowest BCUT2D eigenvalue weighted by Crippen LogP contribution is -2.60. The molecule has 0 aromatic heterocycles. The van der Waals surface area contributed by atoms with Gasteiger partial charge in [-0.15, -0.1) is 0 Å². The van der Waals surface area contributed by atoms with Gasteiger partial charge < -0.3 is 35.4 Å². The molecular weight excluding hydrogens is 532 g/mol. The van der Waals surface area contributed by atoms with Crippen LogP contribution in [0.5, 0.6) is 0 Å². The standard InChI is InChI=1S/C34H53N2O6/c1-18-14-20(26(37)30(4,5)40)41-25-24(18)31(6)12-13-34-17-33(34)11-10-23(42-28(39)36-19-15-35-16-19)29(2,3)21(33)8-9-22(34)32(31,7)27(25)38/h18-19,21,23-24,26-27,35,37-38,40H,8-17H2,1-7H3,(H,36,39)/t18-,21+,23?,24+,26+,27+,31-,32-,33-,34+/m1/s1. The number of carbonyl (C=O) groups is 1. The van der Waals surface area contributed by atoms with Gasteiger partial charge in [-0.05, 0) is 99.2 Å². The first-order valence-corrected chi connectivity index (χ1v) is 16.6. The third-order valence-electron chi connectivity index (χ3n) is 14.3. The number of hydrogen-bond donors (Lipinski definition) is 5. The van der Waals surface area contributed by atoms with Crippen molar-refractivity contribution in [3.63, 3.8) is 0 Å². The van der Waals surface area contributed by atoms with Crippen molar-refractivity contribution in [3.05, 3.63) is 18.1 Å². The summed E-state index contributed by atoms with van der Waals surface area (Å²) in [4.78, 5) is 12.7. The van der Waals surface area contributed by atoms with Gasteiger partial charge in [0.2, 0.25) is 0 Å². The zero-order chi connectivity index (χ0) is 30.3. The molecule has 0 aromatic carbocycles. The minimum atomic E-state index is -1.31. The Morgan fingerprint density at radius 3 is 2.50 bits per heavy atom. The Balaban J connectivity index is 1.14. The number of nitrogens with one attached hydrogen (secondary N) is 2. The molecule has 5 saturated carbocycles. The van der Waals surface area contributed by atoms with Crippen LogP contribution >= 0.6 is 0 Å². The molecule has 7 fully saturated rings. The van der Waals surface area contributed by atoms with Crippen LogP contribution in [0.1, 0.15) is 99.8 Å². The maximum absolute atomic E-state index is 12.7. The highest BCUT2D eigenvalue weighted by Crippen LogP contribution is 2.90. The van der Waals surface area contributed by atoms with Crippen LogP contribution < -0.4 is 10.6 Å². The first-order valence-electron chi connectivity index (χ1n) is 16.6. The molecule has 2 aliphatic heterocycles. The predicted octanol–water partition coefficient (Wildman–Crippen LogP) is 4.28. The van der Waals surface area contributed by atoms with Crippen molar-refractivity contribution in [2.75, 3.05) is 13.1 Å². The Morgan fingerprint density at radius 1 is 1.14 bits per heavy atom. The molecule has 7 aliphatic rings. The SMILES string of the molecule is C[C@@H]1C[C]([C@H](O)C(C)(C)O)O[C]2[C@H]1[C@@]1(C)CC[C@@]34C[C@@]35CCC(OC(=O)NC3CNC3)C(C)(C)[C@@H]5CC[C]4[C@]1(C)[C@H]2O. The summed E-state index contributed by atoms with van der Waals surface area (Å²) in [6.07, 6.45) is 6.95. The molecule has 2 saturated heterocycles.